The zero-order valence-electron chi connectivity index (χ0n) is 12.8. The van der Waals surface area contributed by atoms with E-state index in [0.717, 1.165) is 23.0 Å². The lowest BCUT2D eigenvalue weighted by molar-refractivity contribution is -0.151. The van der Waals surface area contributed by atoms with Crippen molar-refractivity contribution >= 4 is 35.5 Å². The Kier molecular flexibility index (Phi) is 12.6. The summed E-state index contributed by atoms with van der Waals surface area (Å²) in [7, 11) is 0. The summed E-state index contributed by atoms with van der Waals surface area (Å²) < 4.78 is 20.7. The molecule has 6 nitrogen and oxygen atoms in total. The van der Waals surface area contributed by atoms with Crippen molar-refractivity contribution < 1.29 is 28.5 Å². The summed E-state index contributed by atoms with van der Waals surface area (Å²) in [6, 6.07) is 0. The van der Waals surface area contributed by atoms with Gasteiger partial charge in [0.05, 0.1) is 39.3 Å². The molecule has 0 unspecified atom stereocenters. The Bertz CT molecular complexity index is 284. The lowest BCUT2D eigenvalue weighted by atomic mass is 10.3. The van der Waals surface area contributed by atoms with E-state index in [9.17, 15) is 9.59 Å². The van der Waals surface area contributed by atoms with Crippen molar-refractivity contribution in [1.29, 1.82) is 0 Å². The number of carbonyl (C=O) groups is 2. The van der Waals surface area contributed by atoms with Crippen LogP contribution < -0.4 is 0 Å². The van der Waals surface area contributed by atoms with Gasteiger partial charge < -0.3 is 18.9 Å². The molecule has 1 aliphatic heterocycles. The molecule has 0 amide bonds. The third-order valence-corrected chi connectivity index (χ3v) is 4.79. The molecular weight excluding hydrogens is 328 g/mol. The van der Waals surface area contributed by atoms with Gasteiger partial charge in [0.2, 0.25) is 0 Å². The summed E-state index contributed by atoms with van der Waals surface area (Å²) in [6.45, 7) is 2.54. The van der Waals surface area contributed by atoms with Gasteiger partial charge in [-0.3, -0.25) is 9.59 Å². The van der Waals surface area contributed by atoms with E-state index >= 15 is 0 Å². The van der Waals surface area contributed by atoms with Crippen LogP contribution in [-0.4, -0.2) is 74.6 Å². The largest absolute Gasteiger partial charge is 0.463 e. The summed E-state index contributed by atoms with van der Waals surface area (Å²) in [4.78, 5) is 22.8. The maximum absolute atomic E-state index is 11.4. The second-order valence-corrected chi connectivity index (χ2v) is 6.84. The van der Waals surface area contributed by atoms with Crippen LogP contribution in [0.25, 0.3) is 0 Å². The van der Waals surface area contributed by atoms with Gasteiger partial charge in [-0.1, -0.05) is 0 Å². The molecule has 1 fully saturated rings. The molecule has 0 N–H and O–H groups in total. The zero-order chi connectivity index (χ0) is 15.9. The predicted molar refractivity (Wildman–Crippen MR) is 87.4 cm³/mol. The van der Waals surface area contributed by atoms with Gasteiger partial charge in [0.15, 0.2) is 0 Å². The molecule has 1 aliphatic rings. The Morgan fingerprint density at radius 2 is 1.05 bits per heavy atom. The average Bonchev–Trinajstić information content (AvgIpc) is 2.51. The molecular formula is C14H24O6S2. The lowest BCUT2D eigenvalue weighted by Gasteiger charge is -2.08. The van der Waals surface area contributed by atoms with Gasteiger partial charge in [0.25, 0.3) is 0 Å². The highest BCUT2D eigenvalue weighted by molar-refractivity contribution is 8.02. The van der Waals surface area contributed by atoms with Crippen molar-refractivity contribution in [3.8, 4) is 0 Å². The number of rotatable bonds is 0. The first-order valence-corrected chi connectivity index (χ1v) is 9.72. The summed E-state index contributed by atoms with van der Waals surface area (Å²) in [5.74, 6) is 3.24. The molecule has 0 aromatic rings. The number of carbonyl (C=O) groups excluding carboxylic acids is 2. The van der Waals surface area contributed by atoms with E-state index in [1.54, 1.807) is 0 Å². The minimum absolute atomic E-state index is 0.0339. The number of esters is 2. The number of thioether (sulfide) groups is 2. The van der Waals surface area contributed by atoms with E-state index in [1.165, 1.54) is 0 Å². The predicted octanol–water partition coefficient (Wildman–Crippen LogP) is 1.37. The summed E-state index contributed by atoms with van der Waals surface area (Å²) in [5.41, 5.74) is 0. The molecule has 22 heavy (non-hydrogen) atoms. The lowest BCUT2D eigenvalue weighted by Crippen LogP contribution is -2.15. The zero-order valence-corrected chi connectivity index (χ0v) is 14.4. The highest BCUT2D eigenvalue weighted by Gasteiger charge is 2.09. The SMILES string of the molecule is O=C1CCC(=O)OCCOCCSCCSCCOCCO1. The van der Waals surface area contributed by atoms with Crippen molar-refractivity contribution in [2.45, 2.75) is 12.8 Å². The summed E-state index contributed by atoms with van der Waals surface area (Å²) >= 11 is 3.70. The molecule has 8 heteroatoms. The summed E-state index contributed by atoms with van der Waals surface area (Å²) in [5, 5.41) is 0. The Labute approximate surface area is 140 Å². The standard InChI is InChI=1S/C14H24O6S2/c15-13-1-2-14(16)20-6-4-18-8-10-22-12-11-21-9-7-17-3-5-19-13/h1-12H2. The van der Waals surface area contributed by atoms with Gasteiger partial charge in [-0.2, -0.15) is 23.5 Å². The number of hydrogen-bond acceptors (Lipinski definition) is 8. The van der Waals surface area contributed by atoms with Gasteiger partial charge in [-0.05, 0) is 0 Å². The smallest absolute Gasteiger partial charge is 0.306 e. The third-order valence-electron chi connectivity index (χ3n) is 2.63. The number of hydrogen-bond donors (Lipinski definition) is 0. The van der Waals surface area contributed by atoms with E-state index < -0.39 is 11.9 Å². The molecule has 0 aromatic heterocycles. The highest BCUT2D eigenvalue weighted by Crippen LogP contribution is 2.07. The Balaban J connectivity index is 2.19. The number of ether oxygens (including phenoxy) is 4. The minimum Gasteiger partial charge on any atom is -0.463 e. The van der Waals surface area contributed by atoms with E-state index in [4.69, 9.17) is 18.9 Å². The normalized spacial score (nSPS) is 22.4. The topological polar surface area (TPSA) is 71.1 Å². The van der Waals surface area contributed by atoms with Crippen LogP contribution in [0.3, 0.4) is 0 Å². The molecule has 128 valence electrons. The second kappa shape index (κ2) is 14.2. The van der Waals surface area contributed by atoms with Gasteiger partial charge >= 0.3 is 11.9 Å². The van der Waals surface area contributed by atoms with Crippen molar-refractivity contribution in [1.82, 2.24) is 0 Å². The first-order chi connectivity index (χ1) is 10.8. The van der Waals surface area contributed by atoms with Gasteiger partial charge in [0, 0.05) is 23.0 Å². The van der Waals surface area contributed by atoms with E-state index in [2.05, 4.69) is 0 Å². The van der Waals surface area contributed by atoms with Crippen LogP contribution in [0.4, 0.5) is 0 Å². The van der Waals surface area contributed by atoms with E-state index in [-0.39, 0.29) is 26.1 Å². The van der Waals surface area contributed by atoms with Crippen molar-refractivity contribution in [2.75, 3.05) is 62.7 Å². The van der Waals surface area contributed by atoms with Crippen LogP contribution in [0.1, 0.15) is 12.8 Å². The Morgan fingerprint density at radius 3 is 1.50 bits per heavy atom. The van der Waals surface area contributed by atoms with Crippen LogP contribution in [0.2, 0.25) is 0 Å². The molecule has 0 saturated carbocycles. The number of cyclic esters (lactones) is 2. The molecule has 0 bridgehead atoms. The Morgan fingerprint density at radius 1 is 0.591 bits per heavy atom. The fourth-order valence-electron chi connectivity index (χ4n) is 1.54. The quantitative estimate of drug-likeness (QED) is 0.605. The highest BCUT2D eigenvalue weighted by atomic mass is 32.2. The van der Waals surface area contributed by atoms with Crippen LogP contribution in [0.5, 0.6) is 0 Å². The van der Waals surface area contributed by atoms with Gasteiger partial charge in [-0.15, -0.1) is 0 Å². The molecule has 1 saturated heterocycles. The fraction of sp³-hybridized carbons (Fsp3) is 0.857. The van der Waals surface area contributed by atoms with Crippen LogP contribution in [0.15, 0.2) is 0 Å². The maximum atomic E-state index is 11.4. The maximum Gasteiger partial charge on any atom is 0.306 e. The van der Waals surface area contributed by atoms with E-state index in [1.807, 2.05) is 23.5 Å². The molecule has 0 spiro atoms. The van der Waals surface area contributed by atoms with Gasteiger partial charge in [-0.25, -0.2) is 0 Å². The van der Waals surface area contributed by atoms with Gasteiger partial charge in [0.1, 0.15) is 13.2 Å². The molecule has 0 radical (unpaired) electrons. The van der Waals surface area contributed by atoms with E-state index in [0.29, 0.717) is 26.4 Å². The minimum atomic E-state index is -0.405. The second-order valence-electron chi connectivity index (χ2n) is 4.39. The van der Waals surface area contributed by atoms with Crippen molar-refractivity contribution in [2.24, 2.45) is 0 Å². The van der Waals surface area contributed by atoms with Crippen LogP contribution >= 0.6 is 23.5 Å². The summed E-state index contributed by atoms with van der Waals surface area (Å²) in [6.07, 6.45) is 0.0678. The third kappa shape index (κ3) is 12.1. The van der Waals surface area contributed by atoms with Crippen LogP contribution in [-0.2, 0) is 28.5 Å². The molecule has 0 aliphatic carbocycles. The molecule has 0 aromatic carbocycles. The average molecular weight is 352 g/mol. The monoisotopic (exact) mass is 352 g/mol. The Hall–Kier alpha value is -0.440. The van der Waals surface area contributed by atoms with Crippen LogP contribution in [0, 0.1) is 0 Å². The first-order valence-electron chi connectivity index (χ1n) is 7.41. The molecule has 0 atom stereocenters. The van der Waals surface area contributed by atoms with Crippen molar-refractivity contribution in [3.05, 3.63) is 0 Å². The molecule has 1 heterocycles. The first kappa shape index (κ1) is 19.6. The fourth-order valence-corrected chi connectivity index (χ4v) is 3.36. The molecule has 1 rings (SSSR count). The van der Waals surface area contributed by atoms with Crippen molar-refractivity contribution in [3.63, 3.8) is 0 Å².